The number of ether oxygens (including phenoxy) is 2. The molecule has 0 bridgehead atoms. The van der Waals surface area contributed by atoms with E-state index >= 15 is 0 Å². The van der Waals surface area contributed by atoms with Crippen molar-refractivity contribution < 1.29 is 23.9 Å². The predicted octanol–water partition coefficient (Wildman–Crippen LogP) is 4.48. The largest absolute Gasteiger partial charge is 0.454 e. The average molecular weight is 529 g/mol. The molecule has 38 heavy (non-hydrogen) atoms. The first-order chi connectivity index (χ1) is 18.4. The summed E-state index contributed by atoms with van der Waals surface area (Å²) in [6.07, 6.45) is 0. The number of carbonyl (C=O) groups is 3. The van der Waals surface area contributed by atoms with Crippen LogP contribution in [0.5, 0.6) is 11.5 Å². The number of nitrogens with one attached hydrogen (secondary N) is 1. The van der Waals surface area contributed by atoms with Gasteiger partial charge in [-0.15, -0.1) is 5.10 Å². The van der Waals surface area contributed by atoms with E-state index in [2.05, 4.69) is 14.9 Å². The highest BCUT2D eigenvalue weighted by Gasteiger charge is 2.34. The maximum Gasteiger partial charge on any atom is 0.280 e. The molecule has 2 amide bonds. The third-order valence-corrected chi connectivity index (χ3v) is 6.66. The molecule has 0 radical (unpaired) electrons. The maximum absolute atomic E-state index is 13.9. The van der Waals surface area contributed by atoms with Gasteiger partial charge in [-0.2, -0.15) is 0 Å². The van der Waals surface area contributed by atoms with E-state index in [1.165, 1.54) is 17.2 Å². The molecular formula is C28H24N4O5S. The number of hydrogen-bond donors (Lipinski definition) is 1. The molecule has 1 N–H and O–H groups in total. The molecular weight excluding hydrogens is 504 g/mol. The number of rotatable bonds is 8. The maximum atomic E-state index is 13.9. The zero-order valence-electron chi connectivity index (χ0n) is 20.7. The number of carbonyl (C=O) groups excluding carboxylic acids is 3. The van der Waals surface area contributed by atoms with Gasteiger partial charge in [-0.05, 0) is 72.9 Å². The number of nitrogens with zero attached hydrogens (tertiary/aromatic N) is 3. The molecule has 1 aliphatic rings. The number of anilines is 1. The van der Waals surface area contributed by atoms with Crippen LogP contribution in [0.2, 0.25) is 0 Å². The number of hydrogen-bond acceptors (Lipinski definition) is 8. The zero-order chi connectivity index (χ0) is 26.6. The van der Waals surface area contributed by atoms with Crippen molar-refractivity contribution in [1.82, 2.24) is 14.9 Å². The van der Waals surface area contributed by atoms with Crippen molar-refractivity contribution in [2.45, 2.75) is 26.4 Å². The molecule has 1 atom stereocenters. The standard InChI is InChI=1S/C28H24N4O5S/c1-17-3-6-21(7-4-17)26(27(34)29-14-19-5-12-24-25(13-19)37-16-36-24)32(28(35)23-15-38-31-30-23)22-10-8-20(9-11-22)18(2)33/h3-13,15,26H,14,16H2,1-2H3,(H,29,34)/t26-/m1/s1. The fourth-order valence-electron chi connectivity index (χ4n) is 4.12. The Labute approximate surface area is 223 Å². The summed E-state index contributed by atoms with van der Waals surface area (Å²) in [5, 5.41) is 8.45. The fourth-order valence-corrected chi connectivity index (χ4v) is 4.55. The van der Waals surface area contributed by atoms with Crippen LogP contribution in [0.15, 0.2) is 72.1 Å². The molecule has 0 fully saturated rings. The number of benzene rings is 3. The molecule has 0 aliphatic carbocycles. The molecule has 10 heteroatoms. The highest BCUT2D eigenvalue weighted by Crippen LogP contribution is 2.33. The lowest BCUT2D eigenvalue weighted by Gasteiger charge is -2.31. The summed E-state index contributed by atoms with van der Waals surface area (Å²) in [5.41, 5.74) is 3.50. The van der Waals surface area contributed by atoms with Crippen LogP contribution in [0, 0.1) is 6.92 Å². The second-order valence-corrected chi connectivity index (χ2v) is 9.40. The molecule has 0 spiro atoms. The molecule has 0 saturated carbocycles. The number of aromatic nitrogens is 2. The first kappa shape index (κ1) is 25.1. The van der Waals surface area contributed by atoms with Gasteiger partial charge in [0.1, 0.15) is 6.04 Å². The number of ketones is 1. The van der Waals surface area contributed by atoms with Crippen molar-refractivity contribution >= 4 is 34.8 Å². The summed E-state index contributed by atoms with van der Waals surface area (Å²) in [6, 6.07) is 18.4. The Morgan fingerprint density at radius 1 is 1.00 bits per heavy atom. The first-order valence-electron chi connectivity index (χ1n) is 11.8. The lowest BCUT2D eigenvalue weighted by Crippen LogP contribution is -2.44. The first-order valence-corrected chi connectivity index (χ1v) is 12.7. The summed E-state index contributed by atoms with van der Waals surface area (Å²) in [4.78, 5) is 40.9. The zero-order valence-corrected chi connectivity index (χ0v) is 21.5. The van der Waals surface area contributed by atoms with Crippen LogP contribution in [-0.4, -0.2) is 34.0 Å². The van der Waals surface area contributed by atoms with Crippen molar-refractivity contribution in [2.75, 3.05) is 11.7 Å². The summed E-state index contributed by atoms with van der Waals surface area (Å²) < 4.78 is 14.6. The monoisotopic (exact) mass is 528 g/mol. The van der Waals surface area contributed by atoms with Crippen LogP contribution in [0.25, 0.3) is 0 Å². The molecule has 2 heterocycles. The lowest BCUT2D eigenvalue weighted by molar-refractivity contribution is -0.122. The summed E-state index contributed by atoms with van der Waals surface area (Å²) in [5.74, 6) is 0.289. The van der Waals surface area contributed by atoms with Crippen molar-refractivity contribution in [1.29, 1.82) is 0 Å². The molecule has 1 aromatic heterocycles. The smallest absolute Gasteiger partial charge is 0.280 e. The van der Waals surface area contributed by atoms with Gasteiger partial charge in [0.15, 0.2) is 23.0 Å². The Bertz CT molecular complexity index is 1470. The van der Waals surface area contributed by atoms with Crippen LogP contribution < -0.4 is 19.7 Å². The van der Waals surface area contributed by atoms with Crippen molar-refractivity contribution in [3.05, 3.63) is 100 Å². The molecule has 4 aromatic rings. The predicted molar refractivity (Wildman–Crippen MR) is 141 cm³/mol. The average Bonchev–Trinajstić information content (AvgIpc) is 3.63. The number of fused-ring (bicyclic) bond motifs is 1. The molecule has 5 rings (SSSR count). The van der Waals surface area contributed by atoms with Gasteiger partial charge in [0, 0.05) is 23.2 Å². The van der Waals surface area contributed by atoms with E-state index in [0.717, 1.165) is 22.7 Å². The molecule has 0 unspecified atom stereocenters. The minimum atomic E-state index is -1.03. The van der Waals surface area contributed by atoms with Gasteiger partial charge in [-0.25, -0.2) is 0 Å². The van der Waals surface area contributed by atoms with Crippen LogP contribution >= 0.6 is 11.5 Å². The van der Waals surface area contributed by atoms with E-state index in [4.69, 9.17) is 9.47 Å². The van der Waals surface area contributed by atoms with E-state index in [1.807, 2.05) is 43.3 Å². The van der Waals surface area contributed by atoms with E-state index in [0.29, 0.717) is 28.3 Å². The van der Waals surface area contributed by atoms with Crippen LogP contribution in [0.1, 0.15) is 50.5 Å². The van der Waals surface area contributed by atoms with Gasteiger partial charge >= 0.3 is 0 Å². The number of amides is 2. The van der Waals surface area contributed by atoms with E-state index in [9.17, 15) is 14.4 Å². The lowest BCUT2D eigenvalue weighted by atomic mass is 10.0. The van der Waals surface area contributed by atoms with E-state index in [-0.39, 0.29) is 24.8 Å². The highest BCUT2D eigenvalue weighted by molar-refractivity contribution is 7.03. The van der Waals surface area contributed by atoms with Gasteiger partial charge in [0.25, 0.3) is 5.91 Å². The fraction of sp³-hybridized carbons (Fsp3) is 0.179. The highest BCUT2D eigenvalue weighted by atomic mass is 32.1. The molecule has 0 saturated heterocycles. The molecule has 1 aliphatic heterocycles. The molecule has 9 nitrogen and oxygen atoms in total. The van der Waals surface area contributed by atoms with Crippen LogP contribution in [-0.2, 0) is 11.3 Å². The summed E-state index contributed by atoms with van der Waals surface area (Å²) in [7, 11) is 0. The van der Waals surface area contributed by atoms with Gasteiger partial charge in [0.05, 0.1) is 0 Å². The SMILES string of the molecule is CC(=O)c1ccc(N(C(=O)c2csnn2)[C@@H](C(=O)NCc2ccc3c(c2)OCO3)c2ccc(C)cc2)cc1. The normalized spacial score (nSPS) is 12.6. The molecule has 3 aromatic carbocycles. The Kier molecular flexibility index (Phi) is 7.14. The van der Waals surface area contributed by atoms with E-state index in [1.54, 1.807) is 30.3 Å². The quantitative estimate of drug-likeness (QED) is 0.336. The Balaban J connectivity index is 1.52. The van der Waals surface area contributed by atoms with Crippen LogP contribution in [0.4, 0.5) is 5.69 Å². The Morgan fingerprint density at radius 3 is 2.42 bits per heavy atom. The third-order valence-electron chi connectivity index (χ3n) is 6.15. The minimum Gasteiger partial charge on any atom is -0.454 e. The topological polar surface area (TPSA) is 111 Å². The molecule has 192 valence electrons. The Hall–Kier alpha value is -4.57. The minimum absolute atomic E-state index is 0.102. The van der Waals surface area contributed by atoms with Crippen LogP contribution in [0.3, 0.4) is 0 Å². The second kappa shape index (κ2) is 10.8. The Morgan fingerprint density at radius 2 is 1.74 bits per heavy atom. The van der Waals surface area contributed by atoms with Crippen molar-refractivity contribution in [3.8, 4) is 11.5 Å². The van der Waals surface area contributed by atoms with Gasteiger partial charge in [-0.1, -0.05) is 40.4 Å². The van der Waals surface area contributed by atoms with Crippen molar-refractivity contribution in [3.63, 3.8) is 0 Å². The summed E-state index contributed by atoms with van der Waals surface area (Å²) >= 11 is 1.05. The van der Waals surface area contributed by atoms with Gasteiger partial charge in [0.2, 0.25) is 12.7 Å². The second-order valence-electron chi connectivity index (χ2n) is 8.79. The van der Waals surface area contributed by atoms with Crippen molar-refractivity contribution in [2.24, 2.45) is 0 Å². The number of Topliss-reactive ketones (excluding diaryl/α,β-unsaturated/α-hetero) is 1. The van der Waals surface area contributed by atoms with E-state index < -0.39 is 17.9 Å². The third kappa shape index (κ3) is 5.25. The van der Waals surface area contributed by atoms with Gasteiger partial charge in [-0.3, -0.25) is 19.3 Å². The number of aryl methyl sites for hydroxylation is 1. The summed E-state index contributed by atoms with van der Waals surface area (Å²) in [6.45, 7) is 3.79. The van der Waals surface area contributed by atoms with Gasteiger partial charge < -0.3 is 14.8 Å².